The van der Waals surface area contributed by atoms with Crippen molar-refractivity contribution < 1.29 is 4.39 Å². The maximum Gasteiger partial charge on any atom is 0.124 e. The summed E-state index contributed by atoms with van der Waals surface area (Å²) in [5.74, 6) is 0.172. The van der Waals surface area contributed by atoms with Crippen molar-refractivity contribution in [2.45, 2.75) is 4.90 Å². The normalized spacial score (nSPS) is 11.8. The Morgan fingerprint density at radius 2 is 2.29 bits per heavy atom. The number of halogens is 3. The first-order chi connectivity index (χ1) is 6.63. The van der Waals surface area contributed by atoms with Crippen LogP contribution in [0.15, 0.2) is 33.7 Å². The van der Waals surface area contributed by atoms with Gasteiger partial charge in [0, 0.05) is 26.9 Å². The zero-order chi connectivity index (χ0) is 10.6. The fourth-order valence-corrected chi connectivity index (χ4v) is 1.95. The lowest BCUT2D eigenvalue weighted by Crippen LogP contribution is -1.90. The van der Waals surface area contributed by atoms with E-state index in [0.717, 1.165) is 0 Å². The van der Waals surface area contributed by atoms with Crippen LogP contribution < -0.4 is 5.73 Å². The number of benzene rings is 1. The largest absolute Gasteiger partial charge is 0.398 e. The molecule has 2 N–H and O–H groups in total. The predicted molar refractivity (Wildman–Crippen MR) is 61.3 cm³/mol. The Labute approximate surface area is 96.1 Å². The average Bonchev–Trinajstić information content (AvgIpc) is 2.19. The first kappa shape index (κ1) is 11.7. The zero-order valence-corrected chi connectivity index (χ0v) is 9.46. The quantitative estimate of drug-likeness (QED) is 0.653. The molecule has 0 heterocycles. The van der Waals surface area contributed by atoms with Gasteiger partial charge in [0.2, 0.25) is 0 Å². The molecule has 0 aromatic heterocycles. The summed E-state index contributed by atoms with van der Waals surface area (Å²) in [6.45, 7) is 0. The summed E-state index contributed by atoms with van der Waals surface area (Å²) >= 11 is 12.4. The van der Waals surface area contributed by atoms with Gasteiger partial charge >= 0.3 is 0 Å². The number of thioether (sulfide) groups is 1. The van der Waals surface area contributed by atoms with Crippen molar-refractivity contribution in [2.24, 2.45) is 0 Å². The molecular formula is C9H8Cl2FNS. The van der Waals surface area contributed by atoms with E-state index in [4.69, 9.17) is 28.9 Å². The minimum Gasteiger partial charge on any atom is -0.398 e. The summed E-state index contributed by atoms with van der Waals surface area (Å²) in [6, 6.07) is 4.22. The van der Waals surface area contributed by atoms with E-state index in [1.165, 1.54) is 35.5 Å². The van der Waals surface area contributed by atoms with Gasteiger partial charge in [-0.3, -0.25) is 0 Å². The van der Waals surface area contributed by atoms with E-state index >= 15 is 0 Å². The van der Waals surface area contributed by atoms with E-state index in [0.29, 0.717) is 21.4 Å². The Morgan fingerprint density at radius 1 is 1.57 bits per heavy atom. The number of nitrogen functional groups attached to an aromatic ring is 1. The highest BCUT2D eigenvalue weighted by Gasteiger charge is 2.02. The molecule has 76 valence electrons. The molecular weight excluding hydrogens is 244 g/mol. The Balaban J connectivity index is 2.71. The fraction of sp³-hybridized carbons (Fsp3) is 0.111. The van der Waals surface area contributed by atoms with E-state index < -0.39 is 0 Å². The maximum atomic E-state index is 12.8. The van der Waals surface area contributed by atoms with E-state index in [-0.39, 0.29) is 5.82 Å². The van der Waals surface area contributed by atoms with Crippen molar-refractivity contribution in [3.8, 4) is 0 Å². The van der Waals surface area contributed by atoms with Gasteiger partial charge in [-0.15, -0.1) is 11.8 Å². The number of hydrogen-bond acceptors (Lipinski definition) is 2. The number of anilines is 1. The second-order valence-electron chi connectivity index (χ2n) is 2.53. The van der Waals surface area contributed by atoms with E-state index in [2.05, 4.69) is 0 Å². The summed E-state index contributed by atoms with van der Waals surface area (Å²) in [5.41, 5.74) is 7.45. The van der Waals surface area contributed by atoms with Gasteiger partial charge in [0.05, 0.1) is 0 Å². The molecule has 0 aliphatic carbocycles. The fourth-order valence-electron chi connectivity index (χ4n) is 0.811. The van der Waals surface area contributed by atoms with E-state index in [1.54, 1.807) is 0 Å². The molecule has 1 aromatic carbocycles. The van der Waals surface area contributed by atoms with Gasteiger partial charge in [-0.25, -0.2) is 4.39 Å². The Morgan fingerprint density at radius 3 is 2.93 bits per heavy atom. The number of hydrogen-bond donors (Lipinski definition) is 1. The van der Waals surface area contributed by atoms with Gasteiger partial charge in [-0.2, -0.15) is 0 Å². The summed E-state index contributed by atoms with van der Waals surface area (Å²) in [6.07, 6.45) is 0. The van der Waals surface area contributed by atoms with Crippen LogP contribution in [0.25, 0.3) is 0 Å². The van der Waals surface area contributed by atoms with E-state index in [9.17, 15) is 4.39 Å². The summed E-state index contributed by atoms with van der Waals surface area (Å²) < 4.78 is 12.8. The average molecular weight is 252 g/mol. The van der Waals surface area contributed by atoms with Crippen LogP contribution in [-0.2, 0) is 0 Å². The molecule has 0 aliphatic rings. The van der Waals surface area contributed by atoms with Crippen LogP contribution in [0.4, 0.5) is 10.1 Å². The van der Waals surface area contributed by atoms with Crippen LogP contribution in [-0.4, -0.2) is 5.75 Å². The van der Waals surface area contributed by atoms with Crippen molar-refractivity contribution in [1.29, 1.82) is 0 Å². The minimum absolute atomic E-state index is 0.312. The van der Waals surface area contributed by atoms with Crippen LogP contribution in [0.3, 0.4) is 0 Å². The van der Waals surface area contributed by atoms with Gasteiger partial charge in [-0.05, 0) is 18.2 Å². The first-order valence-corrected chi connectivity index (χ1v) is 5.56. The third-order valence-electron chi connectivity index (χ3n) is 1.46. The smallest absolute Gasteiger partial charge is 0.124 e. The van der Waals surface area contributed by atoms with Crippen LogP contribution in [0.5, 0.6) is 0 Å². The SMILES string of the molecule is Nc1ccc(F)cc1SCC(Cl)=CCl. The number of nitrogens with two attached hydrogens (primary N) is 1. The monoisotopic (exact) mass is 251 g/mol. The number of rotatable bonds is 3. The van der Waals surface area contributed by atoms with Crippen molar-refractivity contribution in [2.75, 3.05) is 11.5 Å². The molecule has 0 bridgehead atoms. The highest BCUT2D eigenvalue weighted by Crippen LogP contribution is 2.28. The highest BCUT2D eigenvalue weighted by molar-refractivity contribution is 7.99. The molecule has 1 aromatic rings. The zero-order valence-electron chi connectivity index (χ0n) is 7.14. The van der Waals surface area contributed by atoms with Crippen molar-refractivity contribution in [3.05, 3.63) is 34.6 Å². The Kier molecular flexibility index (Phi) is 4.58. The second kappa shape index (κ2) is 5.49. The molecule has 0 aliphatic heterocycles. The maximum absolute atomic E-state index is 12.8. The van der Waals surface area contributed by atoms with E-state index in [1.807, 2.05) is 0 Å². The van der Waals surface area contributed by atoms with Crippen molar-refractivity contribution in [3.63, 3.8) is 0 Å². The van der Waals surface area contributed by atoms with Crippen molar-refractivity contribution >= 4 is 40.7 Å². The Bertz CT molecular complexity index is 355. The second-order valence-corrected chi connectivity index (χ2v) is 4.25. The van der Waals surface area contributed by atoms with Gasteiger partial charge in [0.15, 0.2) is 0 Å². The minimum atomic E-state index is -0.312. The van der Waals surface area contributed by atoms with Crippen molar-refractivity contribution in [1.82, 2.24) is 0 Å². The van der Waals surface area contributed by atoms with Crippen LogP contribution in [0, 0.1) is 5.82 Å². The third kappa shape index (κ3) is 3.40. The molecule has 0 saturated heterocycles. The van der Waals surface area contributed by atoms with Crippen LogP contribution >= 0.6 is 35.0 Å². The molecule has 14 heavy (non-hydrogen) atoms. The molecule has 0 amide bonds. The summed E-state index contributed by atoms with van der Waals surface area (Å²) in [5, 5.41) is 0.500. The van der Waals surface area contributed by atoms with Gasteiger partial charge < -0.3 is 5.73 Å². The predicted octanol–water partition coefficient (Wildman–Crippen LogP) is 3.82. The molecule has 0 atom stereocenters. The molecule has 0 spiro atoms. The summed E-state index contributed by atoms with van der Waals surface area (Å²) in [7, 11) is 0. The molecule has 0 unspecified atom stereocenters. The molecule has 0 radical (unpaired) electrons. The third-order valence-corrected chi connectivity index (χ3v) is 3.36. The first-order valence-electron chi connectivity index (χ1n) is 3.76. The standard InChI is InChI=1S/C9H8Cl2FNS/c10-4-6(11)5-14-9-3-7(12)1-2-8(9)13/h1-4H,5,13H2. The molecule has 1 nitrogen and oxygen atoms in total. The van der Waals surface area contributed by atoms with Gasteiger partial charge in [0.25, 0.3) is 0 Å². The molecule has 1 rings (SSSR count). The molecule has 0 saturated carbocycles. The highest BCUT2D eigenvalue weighted by atomic mass is 35.5. The Hall–Kier alpha value is -0.380. The van der Waals surface area contributed by atoms with Crippen LogP contribution in [0.2, 0.25) is 0 Å². The van der Waals surface area contributed by atoms with Gasteiger partial charge in [-0.1, -0.05) is 23.2 Å². The topological polar surface area (TPSA) is 26.0 Å². The van der Waals surface area contributed by atoms with Gasteiger partial charge in [0.1, 0.15) is 5.82 Å². The molecule has 0 fully saturated rings. The summed E-state index contributed by atoms with van der Waals surface area (Å²) in [4.78, 5) is 0.668. The lowest BCUT2D eigenvalue weighted by atomic mass is 10.3. The lowest BCUT2D eigenvalue weighted by molar-refractivity contribution is 0.624. The molecule has 5 heteroatoms. The van der Waals surface area contributed by atoms with Crippen LogP contribution in [0.1, 0.15) is 0 Å². The lowest BCUT2D eigenvalue weighted by Gasteiger charge is -2.04.